The van der Waals surface area contributed by atoms with Crippen LogP contribution in [-0.4, -0.2) is 19.0 Å². The number of nitrogens with one attached hydrogen (secondary N) is 1. The second-order valence-electron chi connectivity index (χ2n) is 4.95. The Bertz CT molecular complexity index is 200. The molecule has 0 aromatic rings. The fourth-order valence-corrected chi connectivity index (χ4v) is 2.55. The summed E-state index contributed by atoms with van der Waals surface area (Å²) in [5.41, 5.74) is 5.59. The van der Waals surface area contributed by atoms with E-state index in [2.05, 4.69) is 12.2 Å². The van der Waals surface area contributed by atoms with Crippen molar-refractivity contribution in [3.05, 3.63) is 0 Å². The van der Waals surface area contributed by atoms with E-state index in [4.69, 9.17) is 5.73 Å². The third-order valence-corrected chi connectivity index (χ3v) is 3.62. The molecule has 1 rings (SSSR count). The van der Waals surface area contributed by atoms with Crippen LogP contribution in [0, 0.1) is 11.8 Å². The van der Waals surface area contributed by atoms with Crippen molar-refractivity contribution in [1.82, 2.24) is 5.32 Å². The standard InChI is InChI=1S/C13H26N2O/c1-2-5-12(10-14)13(16)15-9-8-11-6-3-4-7-11/h11-12H,2-10,14H2,1H3,(H,15,16). The molecule has 3 N–H and O–H groups in total. The van der Waals surface area contributed by atoms with E-state index < -0.39 is 0 Å². The zero-order valence-corrected chi connectivity index (χ0v) is 10.5. The third kappa shape index (κ3) is 4.52. The number of hydrogen-bond acceptors (Lipinski definition) is 2. The van der Waals surface area contributed by atoms with E-state index >= 15 is 0 Å². The second kappa shape index (κ2) is 7.66. The molecule has 0 bridgehead atoms. The molecule has 0 aromatic heterocycles. The van der Waals surface area contributed by atoms with Crippen molar-refractivity contribution in [3.63, 3.8) is 0 Å². The molecule has 16 heavy (non-hydrogen) atoms. The summed E-state index contributed by atoms with van der Waals surface area (Å²) in [6.45, 7) is 3.40. The van der Waals surface area contributed by atoms with E-state index in [1.807, 2.05) is 0 Å². The summed E-state index contributed by atoms with van der Waals surface area (Å²) in [7, 11) is 0. The zero-order valence-electron chi connectivity index (χ0n) is 10.5. The summed E-state index contributed by atoms with van der Waals surface area (Å²) < 4.78 is 0. The molecule has 3 heteroatoms. The number of carbonyl (C=O) groups is 1. The van der Waals surface area contributed by atoms with E-state index in [9.17, 15) is 4.79 Å². The first-order valence-electron chi connectivity index (χ1n) is 6.75. The monoisotopic (exact) mass is 226 g/mol. The fraction of sp³-hybridized carbons (Fsp3) is 0.923. The Morgan fingerprint density at radius 2 is 2.12 bits per heavy atom. The summed E-state index contributed by atoms with van der Waals surface area (Å²) in [5.74, 6) is 1.03. The number of hydrogen-bond donors (Lipinski definition) is 2. The van der Waals surface area contributed by atoms with E-state index in [1.54, 1.807) is 0 Å². The van der Waals surface area contributed by atoms with Crippen molar-refractivity contribution >= 4 is 5.91 Å². The molecule has 1 atom stereocenters. The van der Waals surface area contributed by atoms with Crippen molar-refractivity contribution in [2.24, 2.45) is 17.6 Å². The van der Waals surface area contributed by atoms with Crippen LogP contribution in [0.5, 0.6) is 0 Å². The molecule has 1 aliphatic rings. The highest BCUT2D eigenvalue weighted by molar-refractivity contribution is 5.78. The molecule has 0 aromatic carbocycles. The Morgan fingerprint density at radius 1 is 1.44 bits per heavy atom. The van der Waals surface area contributed by atoms with Crippen LogP contribution in [0.15, 0.2) is 0 Å². The highest BCUT2D eigenvalue weighted by Crippen LogP contribution is 2.26. The number of amides is 1. The van der Waals surface area contributed by atoms with Crippen molar-refractivity contribution in [2.75, 3.05) is 13.1 Å². The van der Waals surface area contributed by atoms with Gasteiger partial charge in [-0.2, -0.15) is 0 Å². The summed E-state index contributed by atoms with van der Waals surface area (Å²) >= 11 is 0. The van der Waals surface area contributed by atoms with E-state index in [1.165, 1.54) is 25.7 Å². The fourth-order valence-electron chi connectivity index (χ4n) is 2.55. The Morgan fingerprint density at radius 3 is 2.69 bits per heavy atom. The lowest BCUT2D eigenvalue weighted by Crippen LogP contribution is -2.35. The highest BCUT2D eigenvalue weighted by atomic mass is 16.1. The van der Waals surface area contributed by atoms with Crippen LogP contribution in [-0.2, 0) is 4.79 Å². The molecular formula is C13H26N2O. The average molecular weight is 226 g/mol. The van der Waals surface area contributed by atoms with Gasteiger partial charge in [0.1, 0.15) is 0 Å². The highest BCUT2D eigenvalue weighted by Gasteiger charge is 2.17. The summed E-state index contributed by atoms with van der Waals surface area (Å²) in [4.78, 5) is 11.7. The minimum Gasteiger partial charge on any atom is -0.356 e. The van der Waals surface area contributed by atoms with Crippen molar-refractivity contribution < 1.29 is 4.79 Å². The van der Waals surface area contributed by atoms with Gasteiger partial charge in [0.2, 0.25) is 5.91 Å². The van der Waals surface area contributed by atoms with E-state index in [0.29, 0.717) is 6.54 Å². The van der Waals surface area contributed by atoms with Crippen LogP contribution < -0.4 is 11.1 Å². The zero-order chi connectivity index (χ0) is 11.8. The van der Waals surface area contributed by atoms with Gasteiger partial charge >= 0.3 is 0 Å². The molecule has 0 aliphatic heterocycles. The maximum absolute atomic E-state index is 11.7. The van der Waals surface area contributed by atoms with Gasteiger partial charge in [0, 0.05) is 13.1 Å². The maximum atomic E-state index is 11.7. The van der Waals surface area contributed by atoms with Gasteiger partial charge in [-0.15, -0.1) is 0 Å². The van der Waals surface area contributed by atoms with Crippen LogP contribution in [0.25, 0.3) is 0 Å². The van der Waals surface area contributed by atoms with Crippen LogP contribution >= 0.6 is 0 Å². The molecule has 0 saturated heterocycles. The second-order valence-corrected chi connectivity index (χ2v) is 4.95. The van der Waals surface area contributed by atoms with Gasteiger partial charge in [0.15, 0.2) is 0 Å². The SMILES string of the molecule is CCCC(CN)C(=O)NCCC1CCCC1. The smallest absolute Gasteiger partial charge is 0.224 e. The summed E-state index contributed by atoms with van der Waals surface area (Å²) in [6, 6.07) is 0. The lowest BCUT2D eigenvalue weighted by molar-refractivity contribution is -0.124. The molecule has 1 aliphatic carbocycles. The molecule has 1 unspecified atom stereocenters. The molecule has 0 spiro atoms. The molecule has 0 heterocycles. The van der Waals surface area contributed by atoms with E-state index in [-0.39, 0.29) is 11.8 Å². The molecule has 3 nitrogen and oxygen atoms in total. The van der Waals surface area contributed by atoms with Crippen molar-refractivity contribution in [2.45, 2.75) is 51.9 Å². The lowest BCUT2D eigenvalue weighted by atomic mass is 10.0. The normalized spacial score (nSPS) is 18.6. The molecule has 0 radical (unpaired) electrons. The lowest BCUT2D eigenvalue weighted by Gasteiger charge is -2.15. The topological polar surface area (TPSA) is 55.1 Å². The van der Waals surface area contributed by atoms with E-state index in [0.717, 1.165) is 31.7 Å². The molecule has 1 fully saturated rings. The Kier molecular flexibility index (Phi) is 6.46. The van der Waals surface area contributed by atoms with Gasteiger partial charge in [-0.05, 0) is 18.8 Å². The number of rotatable bonds is 7. The first-order valence-corrected chi connectivity index (χ1v) is 6.75. The Hall–Kier alpha value is -0.570. The van der Waals surface area contributed by atoms with Crippen molar-refractivity contribution in [1.29, 1.82) is 0 Å². The minimum absolute atomic E-state index is 0.0218. The average Bonchev–Trinajstić information content (AvgIpc) is 2.78. The van der Waals surface area contributed by atoms with Gasteiger partial charge in [0.25, 0.3) is 0 Å². The van der Waals surface area contributed by atoms with Gasteiger partial charge < -0.3 is 11.1 Å². The van der Waals surface area contributed by atoms with Crippen LogP contribution in [0.3, 0.4) is 0 Å². The molecule has 1 amide bonds. The Labute approximate surface area is 99.2 Å². The van der Waals surface area contributed by atoms with Gasteiger partial charge in [-0.3, -0.25) is 4.79 Å². The Balaban J connectivity index is 2.12. The minimum atomic E-state index is 0.0218. The van der Waals surface area contributed by atoms with Crippen LogP contribution in [0.4, 0.5) is 0 Å². The van der Waals surface area contributed by atoms with Crippen molar-refractivity contribution in [3.8, 4) is 0 Å². The van der Waals surface area contributed by atoms with Gasteiger partial charge in [-0.1, -0.05) is 39.0 Å². The number of carbonyl (C=O) groups excluding carboxylic acids is 1. The van der Waals surface area contributed by atoms with Gasteiger partial charge in [-0.25, -0.2) is 0 Å². The first kappa shape index (κ1) is 13.5. The van der Waals surface area contributed by atoms with Crippen LogP contribution in [0.1, 0.15) is 51.9 Å². The summed E-state index contributed by atoms with van der Waals surface area (Å²) in [6.07, 6.45) is 8.54. The number of nitrogens with two attached hydrogens (primary N) is 1. The largest absolute Gasteiger partial charge is 0.356 e. The van der Waals surface area contributed by atoms with Crippen LogP contribution in [0.2, 0.25) is 0 Å². The quantitative estimate of drug-likeness (QED) is 0.698. The van der Waals surface area contributed by atoms with Gasteiger partial charge in [0.05, 0.1) is 5.92 Å². The summed E-state index contributed by atoms with van der Waals surface area (Å²) in [5, 5.41) is 3.03. The maximum Gasteiger partial charge on any atom is 0.224 e. The predicted octanol–water partition coefficient (Wildman–Crippen LogP) is 2.06. The molecular weight excluding hydrogens is 200 g/mol. The molecule has 94 valence electrons. The first-order chi connectivity index (χ1) is 7.77. The third-order valence-electron chi connectivity index (χ3n) is 3.62. The molecule has 1 saturated carbocycles. The predicted molar refractivity (Wildman–Crippen MR) is 67.0 cm³/mol.